The summed E-state index contributed by atoms with van der Waals surface area (Å²) < 4.78 is 5.47. The van der Waals surface area contributed by atoms with Crippen LogP contribution in [-0.2, 0) is 16.1 Å². The summed E-state index contributed by atoms with van der Waals surface area (Å²) in [5.41, 5.74) is 1.02. The minimum Gasteiger partial charge on any atom is -0.389 e. The van der Waals surface area contributed by atoms with Gasteiger partial charge in [-0.3, -0.25) is 9.69 Å². The Kier molecular flexibility index (Phi) is 4.93. The summed E-state index contributed by atoms with van der Waals surface area (Å²) >= 11 is 0. The SMILES string of the molecule is O=C1[C@H]2CCCCN2C(=O)N1C[C@H](O)COCc1ccccc1. The molecule has 2 atom stereocenters. The van der Waals surface area contributed by atoms with Gasteiger partial charge in [0.05, 0.1) is 25.9 Å². The van der Waals surface area contributed by atoms with Crippen LogP contribution in [0.5, 0.6) is 0 Å². The van der Waals surface area contributed by atoms with Gasteiger partial charge in [0.2, 0.25) is 0 Å². The highest BCUT2D eigenvalue weighted by Gasteiger charge is 2.46. The highest BCUT2D eigenvalue weighted by molar-refractivity contribution is 6.04. The van der Waals surface area contributed by atoms with Crippen molar-refractivity contribution in [3.8, 4) is 0 Å². The van der Waals surface area contributed by atoms with E-state index in [0.717, 1.165) is 24.8 Å². The standard InChI is InChI=1S/C17H22N2O4/c20-14(12-23-11-13-6-2-1-3-7-13)10-19-16(21)15-8-4-5-9-18(15)17(19)22/h1-3,6-7,14-15,20H,4-5,8-12H2/t14-,15+/m0/s1. The lowest BCUT2D eigenvalue weighted by Gasteiger charge is -2.26. The van der Waals surface area contributed by atoms with Crippen molar-refractivity contribution in [2.75, 3.05) is 19.7 Å². The molecular formula is C17H22N2O4. The van der Waals surface area contributed by atoms with Crippen molar-refractivity contribution < 1.29 is 19.4 Å². The fourth-order valence-electron chi connectivity index (χ4n) is 3.17. The molecule has 0 spiro atoms. The van der Waals surface area contributed by atoms with E-state index < -0.39 is 6.10 Å². The number of piperidine rings is 1. The summed E-state index contributed by atoms with van der Waals surface area (Å²) in [5, 5.41) is 10.1. The van der Waals surface area contributed by atoms with Crippen LogP contribution in [0.3, 0.4) is 0 Å². The van der Waals surface area contributed by atoms with Crippen LogP contribution in [0.4, 0.5) is 4.79 Å². The zero-order chi connectivity index (χ0) is 16.2. The molecular weight excluding hydrogens is 296 g/mol. The van der Waals surface area contributed by atoms with Crippen LogP contribution in [-0.4, -0.2) is 58.7 Å². The number of benzene rings is 1. The van der Waals surface area contributed by atoms with E-state index in [2.05, 4.69) is 0 Å². The van der Waals surface area contributed by atoms with E-state index in [1.165, 1.54) is 4.90 Å². The lowest BCUT2D eigenvalue weighted by Crippen LogP contribution is -2.40. The number of nitrogens with zero attached hydrogens (tertiary/aromatic N) is 2. The van der Waals surface area contributed by atoms with Crippen molar-refractivity contribution in [1.29, 1.82) is 0 Å². The first-order valence-corrected chi connectivity index (χ1v) is 8.08. The maximum atomic E-state index is 12.3. The number of hydrogen-bond donors (Lipinski definition) is 1. The molecule has 124 valence electrons. The van der Waals surface area contributed by atoms with E-state index in [9.17, 15) is 14.7 Å². The van der Waals surface area contributed by atoms with Crippen molar-refractivity contribution >= 4 is 11.9 Å². The minimum atomic E-state index is -0.868. The molecule has 0 bridgehead atoms. The Labute approximate surface area is 135 Å². The summed E-state index contributed by atoms with van der Waals surface area (Å²) in [6.07, 6.45) is 1.76. The third-order valence-electron chi connectivity index (χ3n) is 4.35. The van der Waals surface area contributed by atoms with Gasteiger partial charge in [-0.05, 0) is 24.8 Å². The smallest absolute Gasteiger partial charge is 0.327 e. The van der Waals surface area contributed by atoms with E-state index in [4.69, 9.17) is 4.74 Å². The van der Waals surface area contributed by atoms with Crippen LogP contribution in [0.15, 0.2) is 30.3 Å². The summed E-state index contributed by atoms with van der Waals surface area (Å²) in [7, 11) is 0. The van der Waals surface area contributed by atoms with Gasteiger partial charge in [-0.2, -0.15) is 0 Å². The van der Waals surface area contributed by atoms with Gasteiger partial charge in [-0.15, -0.1) is 0 Å². The quantitative estimate of drug-likeness (QED) is 0.805. The van der Waals surface area contributed by atoms with Crippen molar-refractivity contribution in [2.24, 2.45) is 0 Å². The molecule has 0 aliphatic carbocycles. The highest BCUT2D eigenvalue weighted by atomic mass is 16.5. The number of imide groups is 1. The van der Waals surface area contributed by atoms with E-state index >= 15 is 0 Å². The minimum absolute atomic E-state index is 0.000539. The summed E-state index contributed by atoms with van der Waals surface area (Å²) in [4.78, 5) is 27.4. The first kappa shape index (κ1) is 16.0. The second-order valence-electron chi connectivity index (χ2n) is 6.09. The van der Waals surface area contributed by atoms with Crippen LogP contribution < -0.4 is 0 Å². The van der Waals surface area contributed by atoms with Crippen molar-refractivity contribution in [1.82, 2.24) is 9.80 Å². The van der Waals surface area contributed by atoms with Gasteiger partial charge >= 0.3 is 6.03 Å². The zero-order valence-corrected chi connectivity index (χ0v) is 13.1. The maximum Gasteiger partial charge on any atom is 0.327 e. The molecule has 1 aromatic carbocycles. The number of carbonyl (C=O) groups excluding carboxylic acids is 2. The predicted molar refractivity (Wildman–Crippen MR) is 83.6 cm³/mol. The van der Waals surface area contributed by atoms with Crippen LogP contribution in [0.1, 0.15) is 24.8 Å². The van der Waals surface area contributed by atoms with Gasteiger partial charge in [0.1, 0.15) is 6.04 Å². The molecule has 2 aliphatic rings. The molecule has 0 saturated carbocycles. The number of hydrogen-bond acceptors (Lipinski definition) is 4. The van der Waals surface area contributed by atoms with Crippen molar-refractivity contribution in [2.45, 2.75) is 38.0 Å². The molecule has 3 amide bonds. The van der Waals surface area contributed by atoms with E-state index in [1.54, 1.807) is 4.90 Å². The maximum absolute atomic E-state index is 12.3. The Balaban J connectivity index is 1.48. The molecule has 0 aromatic heterocycles. The predicted octanol–water partition coefficient (Wildman–Crippen LogP) is 1.38. The third-order valence-corrected chi connectivity index (χ3v) is 4.35. The number of ether oxygens (including phenoxy) is 1. The highest BCUT2D eigenvalue weighted by Crippen LogP contribution is 2.26. The fraction of sp³-hybridized carbons (Fsp3) is 0.529. The summed E-state index contributed by atoms with van der Waals surface area (Å²) in [6.45, 7) is 1.12. The first-order valence-electron chi connectivity index (χ1n) is 8.08. The largest absolute Gasteiger partial charge is 0.389 e. The molecule has 2 fully saturated rings. The molecule has 6 nitrogen and oxygen atoms in total. The normalized spacial score (nSPS) is 22.4. The Bertz CT molecular complexity index is 539. The fourth-order valence-corrected chi connectivity index (χ4v) is 3.17. The number of amides is 3. The van der Waals surface area contributed by atoms with Crippen molar-refractivity contribution in [3.05, 3.63) is 35.9 Å². The Hall–Kier alpha value is -1.92. The third kappa shape index (κ3) is 3.54. The number of fused-ring (bicyclic) bond motifs is 1. The molecule has 2 aliphatic heterocycles. The van der Waals surface area contributed by atoms with Crippen LogP contribution in [0.2, 0.25) is 0 Å². The zero-order valence-electron chi connectivity index (χ0n) is 13.1. The van der Waals surface area contributed by atoms with Crippen molar-refractivity contribution in [3.63, 3.8) is 0 Å². The molecule has 1 N–H and O–H groups in total. The Morgan fingerprint density at radius 3 is 2.74 bits per heavy atom. The molecule has 0 unspecified atom stereocenters. The van der Waals surface area contributed by atoms with Gasteiger partial charge in [-0.1, -0.05) is 30.3 Å². The van der Waals surface area contributed by atoms with Gasteiger partial charge in [0.25, 0.3) is 5.91 Å². The van der Waals surface area contributed by atoms with Gasteiger partial charge < -0.3 is 14.7 Å². The lowest BCUT2D eigenvalue weighted by molar-refractivity contribution is -0.130. The molecule has 23 heavy (non-hydrogen) atoms. The molecule has 2 heterocycles. The number of carbonyl (C=O) groups is 2. The summed E-state index contributed by atoms with van der Waals surface area (Å²) in [5.74, 6) is -0.184. The second-order valence-corrected chi connectivity index (χ2v) is 6.09. The van der Waals surface area contributed by atoms with E-state index in [0.29, 0.717) is 13.2 Å². The number of aliphatic hydroxyl groups is 1. The van der Waals surface area contributed by atoms with Gasteiger partial charge in [0, 0.05) is 6.54 Å². The first-order chi connectivity index (χ1) is 11.2. The molecule has 6 heteroatoms. The van der Waals surface area contributed by atoms with Crippen LogP contribution >= 0.6 is 0 Å². The van der Waals surface area contributed by atoms with E-state index in [-0.39, 0.29) is 31.1 Å². The van der Waals surface area contributed by atoms with Gasteiger partial charge in [0.15, 0.2) is 0 Å². The number of urea groups is 1. The number of β-amino-alcohol motifs (C(OH)–C–C–N with tert-alkyl or cyclic N) is 1. The van der Waals surface area contributed by atoms with Crippen LogP contribution in [0.25, 0.3) is 0 Å². The van der Waals surface area contributed by atoms with Crippen LogP contribution in [0, 0.1) is 0 Å². The Morgan fingerprint density at radius 2 is 2.00 bits per heavy atom. The molecule has 3 rings (SSSR count). The molecule has 2 saturated heterocycles. The second kappa shape index (κ2) is 7.10. The van der Waals surface area contributed by atoms with E-state index in [1.807, 2.05) is 30.3 Å². The lowest BCUT2D eigenvalue weighted by atomic mass is 10.0. The monoisotopic (exact) mass is 318 g/mol. The summed E-state index contributed by atoms with van der Waals surface area (Å²) in [6, 6.07) is 9.06. The molecule has 1 aromatic rings. The number of aliphatic hydroxyl groups excluding tert-OH is 1. The number of rotatable bonds is 6. The average molecular weight is 318 g/mol. The topological polar surface area (TPSA) is 70.1 Å². The molecule has 0 radical (unpaired) electrons. The van der Waals surface area contributed by atoms with Gasteiger partial charge in [-0.25, -0.2) is 4.79 Å². The average Bonchev–Trinajstić information content (AvgIpc) is 2.81. The Morgan fingerprint density at radius 1 is 1.22 bits per heavy atom.